The van der Waals surface area contributed by atoms with Crippen LogP contribution < -0.4 is 0 Å². The first-order chi connectivity index (χ1) is 6.18. The lowest BCUT2D eigenvalue weighted by Gasteiger charge is -2.08. The Bertz CT molecular complexity index is 136. The van der Waals surface area contributed by atoms with Crippen molar-refractivity contribution in [2.24, 2.45) is 0 Å². The largest absolute Gasteiger partial charge is 0.479 e. The van der Waals surface area contributed by atoms with Crippen LogP contribution >= 0.6 is 0 Å². The zero-order valence-corrected chi connectivity index (χ0v) is 8.28. The molecule has 0 aliphatic carbocycles. The van der Waals surface area contributed by atoms with Gasteiger partial charge in [-0.05, 0) is 13.3 Å². The molecule has 0 heterocycles. The fourth-order valence-corrected chi connectivity index (χ4v) is 0.704. The van der Waals surface area contributed by atoms with E-state index in [0.717, 1.165) is 19.4 Å². The number of hydrogen-bond acceptors (Lipinski definition) is 3. The van der Waals surface area contributed by atoms with Crippen LogP contribution in [0.3, 0.4) is 0 Å². The van der Waals surface area contributed by atoms with Crippen LogP contribution in [0.5, 0.6) is 0 Å². The van der Waals surface area contributed by atoms with Crippen LogP contribution in [0.2, 0.25) is 0 Å². The van der Waals surface area contributed by atoms with Crippen LogP contribution in [0.25, 0.3) is 0 Å². The third-order valence-corrected chi connectivity index (χ3v) is 1.59. The van der Waals surface area contributed by atoms with Crippen molar-refractivity contribution in [3.8, 4) is 0 Å². The Morgan fingerprint density at radius 3 is 2.62 bits per heavy atom. The molecule has 0 radical (unpaired) electrons. The van der Waals surface area contributed by atoms with Crippen LogP contribution in [0.4, 0.5) is 0 Å². The molecule has 4 nitrogen and oxygen atoms in total. The molecule has 0 aromatic heterocycles. The van der Waals surface area contributed by atoms with E-state index in [1.807, 2.05) is 0 Å². The molecule has 0 rings (SSSR count). The van der Waals surface area contributed by atoms with Gasteiger partial charge in [0.1, 0.15) is 0 Å². The molecule has 1 unspecified atom stereocenters. The number of rotatable bonds is 8. The van der Waals surface area contributed by atoms with Crippen LogP contribution in [-0.4, -0.2) is 37.0 Å². The summed E-state index contributed by atoms with van der Waals surface area (Å²) in [6.45, 7) is 5.14. The molecule has 0 aliphatic rings. The fourth-order valence-electron chi connectivity index (χ4n) is 0.704. The molecule has 13 heavy (non-hydrogen) atoms. The third-order valence-electron chi connectivity index (χ3n) is 1.59. The molecule has 0 saturated heterocycles. The maximum Gasteiger partial charge on any atom is 0.332 e. The number of carboxylic acid groups (broad SMARTS) is 1. The predicted octanol–water partition coefficient (Wildman–Crippen LogP) is 1.29. The minimum absolute atomic E-state index is 0.344. The Balaban J connectivity index is 3.11. The highest BCUT2D eigenvalue weighted by Crippen LogP contribution is 1.91. The summed E-state index contributed by atoms with van der Waals surface area (Å²) >= 11 is 0. The second-order valence-corrected chi connectivity index (χ2v) is 2.82. The molecule has 1 N–H and O–H groups in total. The van der Waals surface area contributed by atoms with Crippen LogP contribution in [0, 0.1) is 0 Å². The summed E-state index contributed by atoms with van der Waals surface area (Å²) in [5.41, 5.74) is 0. The Morgan fingerprint density at radius 2 is 2.08 bits per heavy atom. The highest BCUT2D eigenvalue weighted by atomic mass is 16.5. The van der Waals surface area contributed by atoms with Gasteiger partial charge in [0.05, 0.1) is 13.2 Å². The Morgan fingerprint density at radius 1 is 1.38 bits per heavy atom. The molecular weight excluding hydrogens is 172 g/mol. The summed E-state index contributed by atoms with van der Waals surface area (Å²) in [6, 6.07) is 0. The molecule has 0 aromatic carbocycles. The number of ether oxygens (including phenoxy) is 2. The Labute approximate surface area is 78.8 Å². The average molecular weight is 190 g/mol. The normalized spacial score (nSPS) is 12.8. The number of unbranched alkanes of at least 4 members (excludes halogenated alkanes) is 1. The highest BCUT2D eigenvalue weighted by Gasteiger charge is 2.09. The van der Waals surface area contributed by atoms with Gasteiger partial charge in [-0.15, -0.1) is 0 Å². The van der Waals surface area contributed by atoms with Crippen molar-refractivity contribution in [2.45, 2.75) is 32.8 Å². The van der Waals surface area contributed by atoms with Gasteiger partial charge in [0.25, 0.3) is 0 Å². The van der Waals surface area contributed by atoms with Gasteiger partial charge in [-0.1, -0.05) is 13.3 Å². The number of aliphatic carboxylic acids is 1. The van der Waals surface area contributed by atoms with Crippen molar-refractivity contribution in [3.05, 3.63) is 0 Å². The summed E-state index contributed by atoms with van der Waals surface area (Å²) in [6.07, 6.45) is 1.40. The molecule has 4 heteroatoms. The second-order valence-electron chi connectivity index (χ2n) is 2.82. The first-order valence-electron chi connectivity index (χ1n) is 4.60. The summed E-state index contributed by atoms with van der Waals surface area (Å²) in [5.74, 6) is -0.937. The monoisotopic (exact) mass is 190 g/mol. The van der Waals surface area contributed by atoms with Crippen molar-refractivity contribution >= 4 is 5.97 Å². The molecule has 1 atom stereocenters. The lowest BCUT2D eigenvalue weighted by Crippen LogP contribution is -2.22. The summed E-state index contributed by atoms with van der Waals surface area (Å²) in [5, 5.41) is 8.46. The fraction of sp³-hybridized carbons (Fsp3) is 0.889. The molecule has 78 valence electrons. The minimum atomic E-state index is -0.937. The molecule has 0 spiro atoms. The first-order valence-corrected chi connectivity index (χ1v) is 4.60. The van der Waals surface area contributed by atoms with Crippen molar-refractivity contribution in [3.63, 3.8) is 0 Å². The lowest BCUT2D eigenvalue weighted by molar-refractivity contribution is -0.149. The van der Waals surface area contributed by atoms with E-state index in [1.165, 1.54) is 6.92 Å². The lowest BCUT2D eigenvalue weighted by atomic mass is 10.4. The van der Waals surface area contributed by atoms with E-state index in [2.05, 4.69) is 6.92 Å². The van der Waals surface area contributed by atoms with Gasteiger partial charge in [-0.25, -0.2) is 4.79 Å². The van der Waals surface area contributed by atoms with Gasteiger partial charge in [-0.2, -0.15) is 0 Å². The summed E-state index contributed by atoms with van der Waals surface area (Å²) in [7, 11) is 0. The number of carbonyl (C=O) groups is 1. The highest BCUT2D eigenvalue weighted by molar-refractivity contribution is 5.71. The average Bonchev–Trinajstić information content (AvgIpc) is 2.10. The van der Waals surface area contributed by atoms with Gasteiger partial charge in [0, 0.05) is 6.61 Å². The van der Waals surface area contributed by atoms with E-state index >= 15 is 0 Å². The molecule has 0 fully saturated rings. The van der Waals surface area contributed by atoms with Crippen molar-refractivity contribution in [1.82, 2.24) is 0 Å². The molecule has 0 aliphatic heterocycles. The van der Waals surface area contributed by atoms with Gasteiger partial charge < -0.3 is 14.6 Å². The Kier molecular flexibility index (Phi) is 7.63. The SMILES string of the molecule is CCCCOCCOC(C)C(=O)O. The third kappa shape index (κ3) is 7.74. The maximum atomic E-state index is 10.3. The van der Waals surface area contributed by atoms with E-state index in [-0.39, 0.29) is 0 Å². The van der Waals surface area contributed by atoms with Gasteiger partial charge in [0.15, 0.2) is 6.10 Å². The zero-order chi connectivity index (χ0) is 10.1. The number of carboxylic acids is 1. The van der Waals surface area contributed by atoms with E-state index in [1.54, 1.807) is 0 Å². The van der Waals surface area contributed by atoms with Crippen molar-refractivity contribution in [1.29, 1.82) is 0 Å². The van der Waals surface area contributed by atoms with E-state index in [0.29, 0.717) is 13.2 Å². The van der Waals surface area contributed by atoms with Crippen molar-refractivity contribution < 1.29 is 19.4 Å². The molecular formula is C9H18O4. The summed E-state index contributed by atoms with van der Waals surface area (Å²) < 4.78 is 10.1. The van der Waals surface area contributed by atoms with Gasteiger partial charge in [0.2, 0.25) is 0 Å². The van der Waals surface area contributed by atoms with E-state index < -0.39 is 12.1 Å². The zero-order valence-electron chi connectivity index (χ0n) is 8.28. The quantitative estimate of drug-likeness (QED) is 0.586. The van der Waals surface area contributed by atoms with Crippen molar-refractivity contribution in [2.75, 3.05) is 19.8 Å². The minimum Gasteiger partial charge on any atom is -0.479 e. The topological polar surface area (TPSA) is 55.8 Å². The molecule has 0 amide bonds. The smallest absolute Gasteiger partial charge is 0.332 e. The second kappa shape index (κ2) is 8.01. The Hall–Kier alpha value is -0.610. The first kappa shape index (κ1) is 12.4. The van der Waals surface area contributed by atoms with Gasteiger partial charge in [-0.3, -0.25) is 0 Å². The van der Waals surface area contributed by atoms with Crippen LogP contribution in [-0.2, 0) is 14.3 Å². The van der Waals surface area contributed by atoms with E-state index in [9.17, 15) is 4.79 Å². The molecule has 0 bridgehead atoms. The van der Waals surface area contributed by atoms with Gasteiger partial charge >= 0.3 is 5.97 Å². The summed E-state index contributed by atoms with van der Waals surface area (Å²) in [4.78, 5) is 10.3. The van der Waals surface area contributed by atoms with Crippen LogP contribution in [0.15, 0.2) is 0 Å². The van der Waals surface area contributed by atoms with E-state index in [4.69, 9.17) is 14.6 Å². The maximum absolute atomic E-state index is 10.3. The predicted molar refractivity (Wildman–Crippen MR) is 48.8 cm³/mol. The molecule has 0 aromatic rings. The standard InChI is InChI=1S/C9H18O4/c1-3-4-5-12-6-7-13-8(2)9(10)11/h8H,3-7H2,1-2H3,(H,10,11). The number of hydrogen-bond donors (Lipinski definition) is 1. The van der Waals surface area contributed by atoms with Crippen LogP contribution in [0.1, 0.15) is 26.7 Å². The molecule has 0 saturated carbocycles.